The van der Waals surface area contributed by atoms with E-state index in [2.05, 4.69) is 5.32 Å². The molecule has 0 saturated carbocycles. The molecule has 1 fully saturated rings. The Hall–Kier alpha value is -3.88. The second-order valence-electron chi connectivity index (χ2n) is 8.99. The van der Waals surface area contributed by atoms with Gasteiger partial charge < -0.3 is 24.8 Å². The van der Waals surface area contributed by atoms with Gasteiger partial charge in [0.05, 0.1) is 12.0 Å². The topological polar surface area (TPSA) is 122 Å². The van der Waals surface area contributed by atoms with E-state index in [9.17, 15) is 24.3 Å². The number of nitrogens with zero attached hydrogens (tertiary/aromatic N) is 1. The zero-order valence-electron chi connectivity index (χ0n) is 19.5. The number of fused-ring (bicyclic) bond motifs is 1. The van der Waals surface area contributed by atoms with Crippen LogP contribution in [-0.4, -0.2) is 64.9 Å². The summed E-state index contributed by atoms with van der Waals surface area (Å²) in [7, 11) is 0. The number of Topliss-reactive ketones (excluding diaryl/α,β-unsaturated/α-hetero) is 1. The Morgan fingerprint density at radius 1 is 1.14 bits per heavy atom. The highest BCUT2D eigenvalue weighted by molar-refractivity contribution is 6.00. The Morgan fingerprint density at radius 2 is 1.86 bits per heavy atom. The lowest BCUT2D eigenvalue weighted by Crippen LogP contribution is -2.51. The van der Waals surface area contributed by atoms with Gasteiger partial charge in [-0.2, -0.15) is 0 Å². The molecule has 1 saturated heterocycles. The summed E-state index contributed by atoms with van der Waals surface area (Å²) in [6.45, 7) is 2.20. The number of carbonyl (C=O) groups is 4. The lowest BCUT2D eigenvalue weighted by atomic mass is 9.82. The van der Waals surface area contributed by atoms with Crippen LogP contribution in [-0.2, 0) is 20.8 Å². The van der Waals surface area contributed by atoms with Crippen molar-refractivity contribution >= 4 is 23.6 Å². The van der Waals surface area contributed by atoms with Crippen molar-refractivity contribution in [1.82, 2.24) is 10.2 Å². The van der Waals surface area contributed by atoms with E-state index in [1.165, 1.54) is 6.92 Å². The number of benzene rings is 2. The molecule has 0 aliphatic carbocycles. The van der Waals surface area contributed by atoms with E-state index in [-0.39, 0.29) is 31.1 Å². The highest BCUT2D eigenvalue weighted by atomic mass is 16.5. The molecule has 9 heteroatoms. The molecule has 0 bridgehead atoms. The molecule has 2 aromatic carbocycles. The van der Waals surface area contributed by atoms with Crippen LogP contribution in [0.5, 0.6) is 11.5 Å². The average molecular weight is 481 g/mol. The summed E-state index contributed by atoms with van der Waals surface area (Å²) < 4.78 is 11.8. The number of carbonyl (C=O) groups excluding carboxylic acids is 3. The van der Waals surface area contributed by atoms with Crippen LogP contribution in [0, 0.1) is 0 Å². The summed E-state index contributed by atoms with van der Waals surface area (Å²) in [4.78, 5) is 50.1. The van der Waals surface area contributed by atoms with Gasteiger partial charge in [0.25, 0.3) is 5.91 Å². The summed E-state index contributed by atoms with van der Waals surface area (Å²) in [5.41, 5.74) is 0.592. The minimum atomic E-state index is -1.14. The first kappa shape index (κ1) is 24.3. The van der Waals surface area contributed by atoms with Gasteiger partial charge in [-0.15, -0.1) is 0 Å². The maximum absolute atomic E-state index is 12.8. The molecule has 0 aromatic heterocycles. The van der Waals surface area contributed by atoms with Crippen molar-refractivity contribution in [3.8, 4) is 11.5 Å². The van der Waals surface area contributed by atoms with Crippen LogP contribution in [0.25, 0.3) is 0 Å². The van der Waals surface area contributed by atoms with Gasteiger partial charge in [0.1, 0.15) is 23.1 Å². The van der Waals surface area contributed by atoms with E-state index in [1.54, 1.807) is 47.4 Å². The van der Waals surface area contributed by atoms with E-state index in [0.717, 1.165) is 5.56 Å². The summed E-state index contributed by atoms with van der Waals surface area (Å²) in [6, 6.07) is 12.7. The number of aliphatic carboxylic acids is 1. The van der Waals surface area contributed by atoms with E-state index in [0.29, 0.717) is 43.0 Å². The van der Waals surface area contributed by atoms with Gasteiger partial charge in [0.2, 0.25) is 5.91 Å². The van der Waals surface area contributed by atoms with Gasteiger partial charge in [-0.25, -0.2) is 4.79 Å². The predicted molar refractivity (Wildman–Crippen MR) is 125 cm³/mol. The van der Waals surface area contributed by atoms with Crippen molar-refractivity contribution in [2.24, 2.45) is 0 Å². The molecule has 0 unspecified atom stereocenters. The van der Waals surface area contributed by atoms with Crippen molar-refractivity contribution in [2.45, 2.75) is 44.2 Å². The predicted octanol–water partition coefficient (Wildman–Crippen LogP) is 2.22. The maximum atomic E-state index is 12.8. The third-order valence-corrected chi connectivity index (χ3v) is 6.47. The van der Waals surface area contributed by atoms with Gasteiger partial charge in [-0.3, -0.25) is 14.4 Å². The molecule has 184 valence electrons. The molecule has 2 aromatic rings. The van der Waals surface area contributed by atoms with Crippen molar-refractivity contribution < 1.29 is 33.8 Å². The van der Waals surface area contributed by atoms with Crippen molar-refractivity contribution in [2.75, 3.05) is 19.7 Å². The first-order valence-corrected chi connectivity index (χ1v) is 11.6. The normalized spacial score (nSPS) is 17.2. The molecule has 2 aliphatic heterocycles. The molecule has 0 radical (unpaired) electrons. The average Bonchev–Trinajstić information content (AvgIpc) is 2.83. The fourth-order valence-electron chi connectivity index (χ4n) is 4.51. The highest BCUT2D eigenvalue weighted by Gasteiger charge is 2.43. The second kappa shape index (κ2) is 10.2. The van der Waals surface area contributed by atoms with Gasteiger partial charge in [0, 0.05) is 45.3 Å². The first-order valence-electron chi connectivity index (χ1n) is 11.6. The smallest absolute Gasteiger partial charge is 0.326 e. The Kier molecular flexibility index (Phi) is 7.04. The van der Waals surface area contributed by atoms with Gasteiger partial charge >= 0.3 is 5.97 Å². The van der Waals surface area contributed by atoms with Gasteiger partial charge in [0.15, 0.2) is 12.4 Å². The fraction of sp³-hybridized carbons (Fsp3) is 0.385. The van der Waals surface area contributed by atoms with E-state index >= 15 is 0 Å². The second-order valence-corrected chi connectivity index (χ2v) is 8.99. The van der Waals surface area contributed by atoms with Crippen LogP contribution in [0.2, 0.25) is 0 Å². The van der Waals surface area contributed by atoms with Crippen LogP contribution in [0.4, 0.5) is 0 Å². The molecular formula is C26H28N2O7. The molecule has 1 atom stereocenters. The summed E-state index contributed by atoms with van der Waals surface area (Å²) >= 11 is 0. The number of likely N-dealkylation sites (tertiary alicyclic amines) is 1. The number of piperidine rings is 1. The van der Waals surface area contributed by atoms with E-state index < -0.39 is 23.5 Å². The first-order chi connectivity index (χ1) is 16.7. The molecule has 2 N–H and O–H groups in total. The SMILES string of the molecule is CC(=O)N1CCC2(CC1)CC(=O)c1ccc(OCC(=O)N[C@@H](Cc3ccccc3)C(=O)O)cc1O2. The van der Waals surface area contributed by atoms with Crippen LogP contribution in [0.1, 0.15) is 42.1 Å². The number of hydrogen-bond donors (Lipinski definition) is 2. The van der Waals surface area contributed by atoms with Crippen LogP contribution >= 0.6 is 0 Å². The largest absolute Gasteiger partial charge is 0.486 e. The number of hydrogen-bond acceptors (Lipinski definition) is 6. The zero-order chi connectivity index (χ0) is 25.0. The Morgan fingerprint density at radius 3 is 2.51 bits per heavy atom. The minimum absolute atomic E-state index is 0.00487. The molecule has 35 heavy (non-hydrogen) atoms. The monoisotopic (exact) mass is 480 g/mol. The molecule has 9 nitrogen and oxygen atoms in total. The standard InChI is InChI=1S/C26H28N2O7/c1-17(29)28-11-9-26(10-12-28)15-22(30)20-8-7-19(14-23(20)35-26)34-16-24(31)27-21(25(32)33)13-18-5-3-2-4-6-18/h2-8,14,21H,9-13,15-16H2,1H3,(H,27,31)(H,32,33)/t21-/m0/s1. The number of carboxylic acids is 1. The zero-order valence-corrected chi connectivity index (χ0v) is 19.5. The van der Waals surface area contributed by atoms with Crippen molar-refractivity contribution in [3.05, 3.63) is 59.7 Å². The molecule has 4 rings (SSSR count). The van der Waals surface area contributed by atoms with Gasteiger partial charge in [-0.1, -0.05) is 30.3 Å². The lowest BCUT2D eigenvalue weighted by molar-refractivity contribution is -0.142. The Balaban J connectivity index is 1.37. The van der Waals surface area contributed by atoms with Crippen LogP contribution < -0.4 is 14.8 Å². The van der Waals surface area contributed by atoms with E-state index in [4.69, 9.17) is 9.47 Å². The quantitative estimate of drug-likeness (QED) is 0.623. The number of ketones is 1. The van der Waals surface area contributed by atoms with Crippen molar-refractivity contribution in [3.63, 3.8) is 0 Å². The Bertz CT molecular complexity index is 1120. The summed E-state index contributed by atoms with van der Waals surface area (Å²) in [5.74, 6) is -1.01. The van der Waals surface area contributed by atoms with Gasteiger partial charge in [-0.05, 0) is 17.7 Å². The third-order valence-electron chi connectivity index (χ3n) is 6.47. The lowest BCUT2D eigenvalue weighted by Gasteiger charge is -2.43. The molecule has 2 aliphatic rings. The number of carboxylic acid groups (broad SMARTS) is 1. The maximum Gasteiger partial charge on any atom is 0.326 e. The number of ether oxygens (including phenoxy) is 2. The Labute approximate surface area is 203 Å². The summed E-state index contributed by atoms with van der Waals surface area (Å²) in [5, 5.41) is 12.0. The summed E-state index contributed by atoms with van der Waals surface area (Å²) in [6.07, 6.45) is 1.53. The van der Waals surface area contributed by atoms with Crippen molar-refractivity contribution in [1.29, 1.82) is 0 Å². The van der Waals surface area contributed by atoms with Crippen LogP contribution in [0.3, 0.4) is 0 Å². The number of nitrogens with one attached hydrogen (secondary N) is 1. The third kappa shape index (κ3) is 5.79. The molecule has 2 heterocycles. The minimum Gasteiger partial charge on any atom is -0.486 e. The van der Waals surface area contributed by atoms with Crippen LogP contribution in [0.15, 0.2) is 48.5 Å². The molecular weight excluding hydrogens is 452 g/mol. The highest BCUT2D eigenvalue weighted by Crippen LogP contribution is 2.40. The molecule has 2 amide bonds. The fourth-order valence-corrected chi connectivity index (χ4v) is 4.51. The molecule has 1 spiro atoms. The number of amides is 2. The number of rotatable bonds is 7. The van der Waals surface area contributed by atoms with E-state index in [1.807, 2.05) is 6.07 Å².